The molecule has 5 nitrogen and oxygen atoms in total. The number of rotatable bonds is 2. The maximum Gasteiger partial charge on any atom is 0.294 e. The summed E-state index contributed by atoms with van der Waals surface area (Å²) < 4.78 is 10.7. The van der Waals surface area contributed by atoms with E-state index in [0.717, 1.165) is 22.4 Å². The minimum absolute atomic E-state index is 0.494. The van der Waals surface area contributed by atoms with Gasteiger partial charge < -0.3 is 14.2 Å². The highest BCUT2D eigenvalue weighted by Gasteiger charge is 2.08. The third-order valence-corrected chi connectivity index (χ3v) is 2.51. The van der Waals surface area contributed by atoms with Gasteiger partial charge in [-0.3, -0.25) is 0 Å². The highest BCUT2D eigenvalue weighted by molar-refractivity contribution is 5.79. The van der Waals surface area contributed by atoms with Crippen LogP contribution in [0.25, 0.3) is 22.4 Å². The molecular formula is C12H11N3O2. The van der Waals surface area contributed by atoms with E-state index in [2.05, 4.69) is 15.3 Å². The number of aromatic nitrogens is 2. The molecule has 0 unspecified atom stereocenters. The number of benzene rings is 1. The molecule has 0 saturated heterocycles. The fraction of sp³-hybridized carbons (Fsp3) is 0.167. The van der Waals surface area contributed by atoms with Gasteiger partial charge in [-0.2, -0.15) is 4.98 Å². The third-order valence-electron chi connectivity index (χ3n) is 2.51. The largest absolute Gasteiger partial charge is 0.441 e. The second-order valence-electron chi connectivity index (χ2n) is 3.70. The maximum absolute atomic E-state index is 5.48. The van der Waals surface area contributed by atoms with Crippen LogP contribution in [0.3, 0.4) is 0 Å². The number of anilines is 1. The van der Waals surface area contributed by atoms with E-state index in [-0.39, 0.29) is 0 Å². The number of hydrogen-bond acceptors (Lipinski definition) is 5. The number of nitrogens with one attached hydrogen (secondary N) is 1. The first-order valence-electron chi connectivity index (χ1n) is 5.27. The maximum atomic E-state index is 5.48. The molecule has 3 aromatic rings. The Labute approximate surface area is 97.5 Å². The molecule has 5 heteroatoms. The Hall–Kier alpha value is -2.30. The molecule has 3 rings (SSSR count). The first-order chi connectivity index (χ1) is 8.26. The van der Waals surface area contributed by atoms with Crippen LogP contribution in [0, 0.1) is 6.92 Å². The molecular weight excluding hydrogens is 218 g/mol. The lowest BCUT2D eigenvalue weighted by molar-refractivity contribution is 0.561. The zero-order chi connectivity index (χ0) is 11.8. The quantitative estimate of drug-likeness (QED) is 0.732. The van der Waals surface area contributed by atoms with E-state index in [4.69, 9.17) is 8.83 Å². The van der Waals surface area contributed by atoms with Crippen LogP contribution in [0.5, 0.6) is 0 Å². The Kier molecular flexibility index (Phi) is 2.11. The highest BCUT2D eigenvalue weighted by Crippen LogP contribution is 2.25. The summed E-state index contributed by atoms with van der Waals surface area (Å²) in [6.45, 7) is 1.83. The fourth-order valence-corrected chi connectivity index (χ4v) is 1.72. The summed E-state index contributed by atoms with van der Waals surface area (Å²) in [6, 6.07) is 6.26. The smallest absolute Gasteiger partial charge is 0.294 e. The molecule has 17 heavy (non-hydrogen) atoms. The van der Waals surface area contributed by atoms with Crippen LogP contribution in [0.1, 0.15) is 5.89 Å². The van der Waals surface area contributed by atoms with Crippen molar-refractivity contribution in [2.45, 2.75) is 6.92 Å². The Morgan fingerprint density at radius 3 is 2.88 bits per heavy atom. The summed E-state index contributed by atoms with van der Waals surface area (Å²) in [7, 11) is 1.76. The molecule has 0 aliphatic heterocycles. The Morgan fingerprint density at radius 1 is 1.24 bits per heavy atom. The van der Waals surface area contributed by atoms with Crippen molar-refractivity contribution in [3.63, 3.8) is 0 Å². The standard InChI is InChI=1S/C12H11N3O2/c1-7-14-9-4-3-8(5-11(9)17-7)10-6-16-12(13-2)15-10/h3-6H,1-2H3,(H,13,15). The summed E-state index contributed by atoms with van der Waals surface area (Å²) in [4.78, 5) is 8.52. The van der Waals surface area contributed by atoms with Crippen molar-refractivity contribution >= 4 is 17.1 Å². The van der Waals surface area contributed by atoms with Gasteiger partial charge in [0.1, 0.15) is 17.5 Å². The Morgan fingerprint density at radius 2 is 2.12 bits per heavy atom. The molecule has 0 bridgehead atoms. The van der Waals surface area contributed by atoms with Gasteiger partial charge in [-0.05, 0) is 12.1 Å². The van der Waals surface area contributed by atoms with E-state index >= 15 is 0 Å². The van der Waals surface area contributed by atoms with Crippen LogP contribution in [0.4, 0.5) is 6.01 Å². The number of hydrogen-bond donors (Lipinski definition) is 1. The molecule has 0 atom stereocenters. The number of oxazole rings is 2. The third kappa shape index (κ3) is 1.65. The van der Waals surface area contributed by atoms with Crippen LogP contribution in [0.2, 0.25) is 0 Å². The van der Waals surface area contributed by atoms with Crippen molar-refractivity contribution in [2.75, 3.05) is 12.4 Å². The van der Waals surface area contributed by atoms with Gasteiger partial charge in [0.15, 0.2) is 11.5 Å². The minimum Gasteiger partial charge on any atom is -0.441 e. The topological polar surface area (TPSA) is 64.1 Å². The molecule has 0 aliphatic carbocycles. The van der Waals surface area contributed by atoms with E-state index in [1.165, 1.54) is 0 Å². The van der Waals surface area contributed by atoms with E-state index in [9.17, 15) is 0 Å². The highest BCUT2D eigenvalue weighted by atomic mass is 16.4. The zero-order valence-electron chi connectivity index (χ0n) is 9.52. The van der Waals surface area contributed by atoms with Crippen molar-refractivity contribution in [3.05, 3.63) is 30.4 Å². The molecule has 0 saturated carbocycles. The number of nitrogens with zero attached hydrogens (tertiary/aromatic N) is 2. The van der Waals surface area contributed by atoms with Gasteiger partial charge in [-0.15, -0.1) is 0 Å². The van der Waals surface area contributed by atoms with Gasteiger partial charge >= 0.3 is 0 Å². The Balaban J connectivity index is 2.10. The average molecular weight is 229 g/mol. The van der Waals surface area contributed by atoms with Gasteiger partial charge in [0.2, 0.25) is 0 Å². The van der Waals surface area contributed by atoms with E-state index in [1.54, 1.807) is 13.3 Å². The summed E-state index contributed by atoms with van der Waals surface area (Å²) in [6.07, 6.45) is 1.61. The molecule has 2 heterocycles. The van der Waals surface area contributed by atoms with Crippen LogP contribution in [0.15, 0.2) is 33.3 Å². The number of aryl methyl sites for hydroxylation is 1. The van der Waals surface area contributed by atoms with Gasteiger partial charge in [0.05, 0.1) is 0 Å². The lowest BCUT2D eigenvalue weighted by Gasteiger charge is -1.94. The SMILES string of the molecule is CNc1nc(-c2ccc3nc(C)oc3c2)co1. The van der Waals surface area contributed by atoms with Crippen molar-refractivity contribution < 1.29 is 8.83 Å². The predicted molar refractivity (Wildman–Crippen MR) is 63.8 cm³/mol. The second kappa shape index (κ2) is 3.62. The molecule has 0 amide bonds. The van der Waals surface area contributed by atoms with Crippen LogP contribution in [-0.4, -0.2) is 17.0 Å². The molecule has 0 spiro atoms. The zero-order valence-corrected chi connectivity index (χ0v) is 9.52. The molecule has 1 aromatic carbocycles. The average Bonchev–Trinajstić information content (AvgIpc) is 2.92. The van der Waals surface area contributed by atoms with Crippen LogP contribution >= 0.6 is 0 Å². The summed E-state index contributed by atoms with van der Waals surface area (Å²) in [5.74, 6) is 0.660. The molecule has 1 N–H and O–H groups in total. The van der Waals surface area contributed by atoms with Crippen LogP contribution < -0.4 is 5.32 Å². The van der Waals surface area contributed by atoms with E-state index < -0.39 is 0 Å². The van der Waals surface area contributed by atoms with Crippen LogP contribution in [-0.2, 0) is 0 Å². The van der Waals surface area contributed by atoms with Crippen molar-refractivity contribution in [2.24, 2.45) is 0 Å². The monoisotopic (exact) mass is 229 g/mol. The van der Waals surface area contributed by atoms with Gasteiger partial charge in [0.25, 0.3) is 6.01 Å². The molecule has 2 aromatic heterocycles. The first kappa shape index (κ1) is 9.89. The van der Waals surface area contributed by atoms with E-state index in [0.29, 0.717) is 11.9 Å². The normalized spacial score (nSPS) is 10.9. The fourth-order valence-electron chi connectivity index (χ4n) is 1.72. The molecule has 0 aliphatic rings. The van der Waals surface area contributed by atoms with Gasteiger partial charge in [0, 0.05) is 19.5 Å². The lowest BCUT2D eigenvalue weighted by atomic mass is 10.1. The minimum atomic E-state index is 0.494. The van der Waals surface area contributed by atoms with Crippen molar-refractivity contribution in [1.82, 2.24) is 9.97 Å². The predicted octanol–water partition coefficient (Wildman–Crippen LogP) is 2.83. The first-order valence-corrected chi connectivity index (χ1v) is 5.27. The molecule has 0 fully saturated rings. The van der Waals surface area contributed by atoms with E-state index in [1.807, 2.05) is 25.1 Å². The van der Waals surface area contributed by atoms with Gasteiger partial charge in [-0.1, -0.05) is 6.07 Å². The van der Waals surface area contributed by atoms with Crippen molar-refractivity contribution in [3.8, 4) is 11.3 Å². The summed E-state index contributed by atoms with van der Waals surface area (Å²) in [5.41, 5.74) is 3.32. The van der Waals surface area contributed by atoms with Crippen molar-refractivity contribution in [1.29, 1.82) is 0 Å². The summed E-state index contributed by atoms with van der Waals surface area (Å²) >= 11 is 0. The second-order valence-corrected chi connectivity index (χ2v) is 3.70. The molecule has 86 valence electrons. The Bertz CT molecular complexity index is 669. The number of fused-ring (bicyclic) bond motifs is 1. The summed E-state index contributed by atoms with van der Waals surface area (Å²) in [5, 5.41) is 2.84. The van der Waals surface area contributed by atoms with Gasteiger partial charge in [-0.25, -0.2) is 4.98 Å². The molecule has 0 radical (unpaired) electrons. The lowest BCUT2D eigenvalue weighted by Crippen LogP contribution is -1.86.